The van der Waals surface area contributed by atoms with E-state index in [9.17, 15) is 4.79 Å². The Morgan fingerprint density at radius 1 is 1.00 bits per heavy atom. The number of carbonyl (C=O) groups is 1. The number of carboxylic acid groups (broad SMARTS) is 1. The van der Waals surface area contributed by atoms with Gasteiger partial charge in [-0.05, 0) is 13.8 Å². The summed E-state index contributed by atoms with van der Waals surface area (Å²) in [5.74, 6) is -0.981. The maximum Gasteiger partial charge on any atom is 0.327 e. The summed E-state index contributed by atoms with van der Waals surface area (Å²) in [6.45, 7) is 8.13. The first-order chi connectivity index (χ1) is 8.51. The highest BCUT2D eigenvalue weighted by Crippen LogP contribution is 1.64. The van der Waals surface area contributed by atoms with Crippen LogP contribution in [-0.4, -0.2) is 71.1 Å². The van der Waals surface area contributed by atoms with E-state index in [2.05, 4.69) is 6.58 Å². The van der Waals surface area contributed by atoms with Gasteiger partial charge in [0.2, 0.25) is 0 Å². The van der Waals surface area contributed by atoms with E-state index in [1.165, 1.54) is 0 Å². The van der Waals surface area contributed by atoms with E-state index in [-0.39, 0.29) is 26.4 Å². The first-order valence-electron chi connectivity index (χ1n) is 5.38. The van der Waals surface area contributed by atoms with Crippen molar-refractivity contribution in [2.24, 2.45) is 0 Å². The Labute approximate surface area is 108 Å². The number of hydrogen-bond acceptors (Lipinski definition) is 6. The van der Waals surface area contributed by atoms with Crippen LogP contribution in [0.2, 0.25) is 0 Å². The van der Waals surface area contributed by atoms with E-state index in [4.69, 9.17) is 30.3 Å². The number of ether oxygens (including phenoxy) is 1. The van der Waals surface area contributed by atoms with Gasteiger partial charge in [0, 0.05) is 19.3 Å². The molecule has 7 nitrogen and oxygen atoms in total. The minimum Gasteiger partial charge on any atom is -0.478 e. The molecule has 0 unspecified atom stereocenters. The molecule has 0 fully saturated rings. The summed E-state index contributed by atoms with van der Waals surface area (Å²) in [6, 6.07) is 0. The van der Waals surface area contributed by atoms with E-state index in [1.54, 1.807) is 0 Å². The number of hydrogen-bond donors (Lipinski definition) is 5. The van der Waals surface area contributed by atoms with Crippen molar-refractivity contribution in [3.8, 4) is 0 Å². The lowest BCUT2D eigenvalue weighted by molar-refractivity contribution is -0.131. The molecule has 0 aliphatic carbocycles. The number of aliphatic carboxylic acids is 1. The molecule has 0 aromatic rings. The molecule has 0 amide bonds. The van der Waals surface area contributed by atoms with Crippen molar-refractivity contribution < 1.29 is 35.1 Å². The van der Waals surface area contributed by atoms with Crippen LogP contribution in [0.5, 0.6) is 0 Å². The molecule has 5 N–H and O–H groups in total. The highest BCUT2D eigenvalue weighted by atomic mass is 16.5. The highest BCUT2D eigenvalue weighted by molar-refractivity contribution is 5.78. The van der Waals surface area contributed by atoms with Gasteiger partial charge >= 0.3 is 5.97 Å². The van der Waals surface area contributed by atoms with E-state index >= 15 is 0 Å². The molecule has 0 aromatic heterocycles. The maximum atomic E-state index is 9.25. The van der Waals surface area contributed by atoms with Gasteiger partial charge < -0.3 is 30.3 Å². The van der Waals surface area contributed by atoms with Crippen molar-refractivity contribution >= 4 is 5.97 Å². The third-order valence-electron chi connectivity index (χ3n) is 0.783. The van der Waals surface area contributed by atoms with Crippen molar-refractivity contribution in [3.63, 3.8) is 0 Å². The van der Waals surface area contributed by atoms with E-state index in [1.807, 2.05) is 13.8 Å². The molecular weight excluding hydrogens is 244 g/mol. The van der Waals surface area contributed by atoms with Gasteiger partial charge in [0.15, 0.2) is 0 Å². The smallest absolute Gasteiger partial charge is 0.327 e. The molecule has 0 aliphatic heterocycles. The molecule has 0 atom stereocenters. The Morgan fingerprint density at radius 2 is 1.22 bits per heavy atom. The average Bonchev–Trinajstić information content (AvgIpc) is 2.40. The maximum absolute atomic E-state index is 9.25. The van der Waals surface area contributed by atoms with Gasteiger partial charge in [-0.3, -0.25) is 0 Å². The van der Waals surface area contributed by atoms with E-state index in [0.717, 1.165) is 19.3 Å². The minimum atomic E-state index is -0.981. The Bertz CT molecular complexity index is 129. The second kappa shape index (κ2) is 36.0. The molecule has 0 rings (SSSR count). The third kappa shape index (κ3) is 117. The number of aliphatic hydroxyl groups is 4. The van der Waals surface area contributed by atoms with E-state index in [0.29, 0.717) is 0 Å². The van der Waals surface area contributed by atoms with Gasteiger partial charge in [-0.1, -0.05) is 6.58 Å². The van der Waals surface area contributed by atoms with Crippen LogP contribution in [0.25, 0.3) is 0 Å². The van der Waals surface area contributed by atoms with Crippen molar-refractivity contribution in [2.45, 2.75) is 13.8 Å². The lowest BCUT2D eigenvalue weighted by Crippen LogP contribution is -1.85. The fourth-order valence-corrected chi connectivity index (χ4v) is 0.204. The fourth-order valence-electron chi connectivity index (χ4n) is 0.204. The summed E-state index contributed by atoms with van der Waals surface area (Å²) < 4.78 is 4.83. The second-order valence-corrected chi connectivity index (χ2v) is 2.22. The molecular formula is C11H26O7. The second-order valence-electron chi connectivity index (χ2n) is 2.22. The van der Waals surface area contributed by atoms with Crippen molar-refractivity contribution in [2.75, 3.05) is 39.6 Å². The van der Waals surface area contributed by atoms with Crippen LogP contribution in [-0.2, 0) is 9.53 Å². The van der Waals surface area contributed by atoms with Gasteiger partial charge in [0.05, 0.1) is 26.4 Å². The fraction of sp³-hybridized carbons (Fsp3) is 0.727. The lowest BCUT2D eigenvalue weighted by Gasteiger charge is -1.86. The van der Waals surface area contributed by atoms with Crippen LogP contribution in [0, 0.1) is 0 Å². The monoisotopic (exact) mass is 270 g/mol. The van der Waals surface area contributed by atoms with Crippen LogP contribution >= 0.6 is 0 Å². The van der Waals surface area contributed by atoms with Crippen LogP contribution in [0.1, 0.15) is 13.8 Å². The van der Waals surface area contributed by atoms with Crippen molar-refractivity contribution in [1.82, 2.24) is 0 Å². The molecule has 7 heteroatoms. The third-order valence-corrected chi connectivity index (χ3v) is 0.783. The summed E-state index contributed by atoms with van der Waals surface area (Å²) in [6.07, 6.45) is 0.833. The predicted octanol–water partition coefficient (Wildman–Crippen LogP) is -0.758. The largest absolute Gasteiger partial charge is 0.478 e. The Kier molecular flexibility index (Phi) is 51.5. The molecule has 18 heavy (non-hydrogen) atoms. The van der Waals surface area contributed by atoms with Crippen LogP contribution in [0.3, 0.4) is 0 Å². The van der Waals surface area contributed by atoms with Gasteiger partial charge in [0.25, 0.3) is 0 Å². The van der Waals surface area contributed by atoms with Gasteiger partial charge in [-0.15, -0.1) is 0 Å². The van der Waals surface area contributed by atoms with Gasteiger partial charge in [0.1, 0.15) is 0 Å². The Balaban J connectivity index is -0.0000000731. The van der Waals surface area contributed by atoms with Crippen molar-refractivity contribution in [1.29, 1.82) is 0 Å². The molecule has 0 aliphatic rings. The molecule has 0 spiro atoms. The quantitative estimate of drug-likeness (QED) is 0.415. The lowest BCUT2D eigenvalue weighted by atomic mass is 10.7. The molecule has 0 aromatic carbocycles. The number of rotatable bonds is 5. The summed E-state index contributed by atoms with van der Waals surface area (Å²) in [5.41, 5.74) is 0. The molecule has 0 bridgehead atoms. The Hall–Kier alpha value is -0.990. The molecule has 0 radical (unpaired) electrons. The first kappa shape index (κ1) is 25.8. The normalized spacial score (nSPS) is 7.44. The molecule has 0 saturated carbocycles. The molecule has 112 valence electrons. The van der Waals surface area contributed by atoms with Gasteiger partial charge in [-0.25, -0.2) is 4.79 Å². The zero-order valence-electron chi connectivity index (χ0n) is 11.1. The zero-order valence-corrected chi connectivity index (χ0v) is 11.1. The number of carboxylic acids is 1. The Morgan fingerprint density at radius 3 is 1.22 bits per heavy atom. The molecule has 0 saturated heterocycles. The van der Waals surface area contributed by atoms with Gasteiger partial charge in [-0.2, -0.15) is 0 Å². The highest BCUT2D eigenvalue weighted by Gasteiger charge is 1.73. The average molecular weight is 270 g/mol. The standard InChI is InChI=1S/C4H10O.C3H4O2.2C2H6O2/c1-3-5-4-2;1-2-3(4)5;2*3-1-2-4/h3-4H2,1-2H3;2H,1H2,(H,4,5);2*3-4H,1-2H2. The van der Waals surface area contributed by atoms with Crippen LogP contribution in [0.4, 0.5) is 0 Å². The number of aliphatic hydroxyl groups excluding tert-OH is 4. The first-order valence-corrected chi connectivity index (χ1v) is 5.38. The summed E-state index contributed by atoms with van der Waals surface area (Å²) in [5, 5.41) is 38.1. The van der Waals surface area contributed by atoms with Crippen molar-refractivity contribution in [3.05, 3.63) is 12.7 Å². The van der Waals surface area contributed by atoms with E-state index < -0.39 is 5.97 Å². The predicted molar refractivity (Wildman–Crippen MR) is 68.3 cm³/mol. The summed E-state index contributed by atoms with van der Waals surface area (Å²) in [7, 11) is 0. The van der Waals surface area contributed by atoms with Crippen LogP contribution < -0.4 is 0 Å². The summed E-state index contributed by atoms with van der Waals surface area (Å²) >= 11 is 0. The van der Waals surface area contributed by atoms with Crippen LogP contribution in [0.15, 0.2) is 12.7 Å². The minimum absolute atomic E-state index is 0.125. The SMILES string of the molecule is C=CC(=O)O.CCOCC.OCCO.OCCO. The molecule has 0 heterocycles. The topological polar surface area (TPSA) is 127 Å². The zero-order chi connectivity index (χ0) is 15.2. The summed E-state index contributed by atoms with van der Waals surface area (Å²) in [4.78, 5) is 9.25.